The molecule has 0 aromatic rings. The number of aliphatic hydroxyl groups is 2. The van der Waals surface area contributed by atoms with Crippen molar-refractivity contribution in [2.45, 2.75) is 38.5 Å². The number of carbonyl (C=O) groups excluding carboxylic acids is 2. The predicted octanol–water partition coefficient (Wildman–Crippen LogP) is 0.607. The molecule has 2 amide bonds. The Balaban J connectivity index is 1.95. The van der Waals surface area contributed by atoms with Crippen LogP contribution in [0.15, 0.2) is 58.3 Å². The number of nitrogens with one attached hydrogen (secondary N) is 1. The highest BCUT2D eigenvalue weighted by atomic mass is 16.3. The van der Waals surface area contributed by atoms with E-state index in [9.17, 15) is 19.8 Å². The van der Waals surface area contributed by atoms with Crippen LogP contribution in [0, 0.1) is 0 Å². The number of hydrazine groups is 1. The fraction of sp³-hybridized carbons (Fsp3) is 0.429. The van der Waals surface area contributed by atoms with Gasteiger partial charge in [-0.3, -0.25) is 14.6 Å². The standard InChI is InChI=1S/C21H29N5O4/c1-12(13-8-5-6-9-13)26(22)17-16(20(29)25(4)21(17)30)23-15-11-7-10-14(18(15)27)19(28)24(2)3/h5-6,8,11-12,20,23,27,29H,7,9-10,22H2,1-4H3. The maximum absolute atomic E-state index is 12.8. The molecule has 2 aliphatic carbocycles. The third kappa shape index (κ3) is 3.73. The van der Waals surface area contributed by atoms with Gasteiger partial charge in [-0.2, -0.15) is 0 Å². The Morgan fingerprint density at radius 1 is 1.40 bits per heavy atom. The zero-order chi connectivity index (χ0) is 22.2. The van der Waals surface area contributed by atoms with Gasteiger partial charge in [-0.15, -0.1) is 0 Å². The van der Waals surface area contributed by atoms with Gasteiger partial charge in [-0.1, -0.05) is 24.3 Å². The number of allylic oxidation sites excluding steroid dienone is 4. The van der Waals surface area contributed by atoms with Crippen LogP contribution in [-0.4, -0.2) is 70.2 Å². The monoisotopic (exact) mass is 415 g/mol. The fourth-order valence-corrected chi connectivity index (χ4v) is 3.70. The molecule has 0 aromatic carbocycles. The zero-order valence-electron chi connectivity index (χ0n) is 17.7. The molecule has 0 radical (unpaired) electrons. The van der Waals surface area contributed by atoms with Crippen molar-refractivity contribution in [2.24, 2.45) is 5.84 Å². The maximum Gasteiger partial charge on any atom is 0.275 e. The van der Waals surface area contributed by atoms with Crippen LogP contribution in [0.2, 0.25) is 0 Å². The van der Waals surface area contributed by atoms with Crippen LogP contribution in [0.5, 0.6) is 0 Å². The van der Waals surface area contributed by atoms with Gasteiger partial charge in [0.2, 0.25) is 0 Å². The van der Waals surface area contributed by atoms with Crippen molar-refractivity contribution in [3.05, 3.63) is 58.3 Å². The minimum absolute atomic E-state index is 0.116. The highest BCUT2D eigenvalue weighted by Crippen LogP contribution is 2.30. The van der Waals surface area contributed by atoms with Crippen molar-refractivity contribution < 1.29 is 19.8 Å². The lowest BCUT2D eigenvalue weighted by Crippen LogP contribution is -2.43. The first-order valence-corrected chi connectivity index (χ1v) is 9.85. The number of rotatable bonds is 6. The quantitative estimate of drug-likeness (QED) is 0.370. The molecule has 3 rings (SSSR count). The Labute approximate surface area is 176 Å². The number of likely N-dealkylation sites (N-methyl/N-ethyl adjacent to an activating group) is 2. The summed E-state index contributed by atoms with van der Waals surface area (Å²) in [6.45, 7) is 1.88. The molecule has 1 heterocycles. The summed E-state index contributed by atoms with van der Waals surface area (Å²) >= 11 is 0. The summed E-state index contributed by atoms with van der Waals surface area (Å²) in [5.41, 5.74) is 1.87. The van der Waals surface area contributed by atoms with Crippen LogP contribution in [0.25, 0.3) is 0 Å². The molecule has 162 valence electrons. The molecule has 0 aromatic heterocycles. The Hall–Kier alpha value is -3.04. The average molecular weight is 415 g/mol. The van der Waals surface area contributed by atoms with E-state index in [4.69, 9.17) is 5.84 Å². The number of amides is 2. The number of nitrogens with zero attached hydrogens (tertiary/aromatic N) is 3. The largest absolute Gasteiger partial charge is 0.505 e. The first kappa shape index (κ1) is 21.7. The molecule has 9 heteroatoms. The van der Waals surface area contributed by atoms with Gasteiger partial charge in [-0.25, -0.2) is 5.84 Å². The van der Waals surface area contributed by atoms with Crippen LogP contribution < -0.4 is 11.2 Å². The summed E-state index contributed by atoms with van der Waals surface area (Å²) in [7, 11) is 4.70. The van der Waals surface area contributed by atoms with Crippen LogP contribution >= 0.6 is 0 Å². The SMILES string of the molecule is CC(C1=CC=CC1)N(N)C1=C(NC2=CCCC(C(=O)N(C)C)=C2O)C(O)N(C)C1=O. The lowest BCUT2D eigenvalue weighted by Gasteiger charge is -2.29. The molecule has 0 saturated heterocycles. The summed E-state index contributed by atoms with van der Waals surface area (Å²) in [4.78, 5) is 27.8. The second kappa shape index (κ2) is 8.37. The van der Waals surface area contributed by atoms with Gasteiger partial charge < -0.3 is 25.3 Å². The van der Waals surface area contributed by atoms with Crippen molar-refractivity contribution in [1.82, 2.24) is 20.1 Å². The number of hydrogen-bond acceptors (Lipinski definition) is 7. The minimum atomic E-state index is -1.26. The first-order valence-electron chi connectivity index (χ1n) is 9.85. The van der Waals surface area contributed by atoms with E-state index in [1.807, 2.05) is 25.2 Å². The molecular weight excluding hydrogens is 386 g/mol. The molecule has 1 aliphatic heterocycles. The van der Waals surface area contributed by atoms with Crippen molar-refractivity contribution >= 4 is 11.8 Å². The Bertz CT molecular complexity index is 912. The molecular formula is C21H29N5O4. The van der Waals surface area contributed by atoms with Gasteiger partial charge in [0.25, 0.3) is 11.8 Å². The molecule has 0 fully saturated rings. The third-order valence-electron chi connectivity index (χ3n) is 5.63. The number of nitrogens with two attached hydrogens (primary N) is 1. The number of hydrogen-bond donors (Lipinski definition) is 4. The fourth-order valence-electron chi connectivity index (χ4n) is 3.70. The summed E-state index contributed by atoms with van der Waals surface area (Å²) in [5.74, 6) is 5.40. The highest BCUT2D eigenvalue weighted by Gasteiger charge is 2.41. The lowest BCUT2D eigenvalue weighted by atomic mass is 9.99. The zero-order valence-corrected chi connectivity index (χ0v) is 17.7. The Morgan fingerprint density at radius 2 is 2.10 bits per heavy atom. The van der Waals surface area contributed by atoms with Crippen LogP contribution in [0.1, 0.15) is 26.2 Å². The molecule has 5 N–H and O–H groups in total. The molecule has 2 atom stereocenters. The van der Waals surface area contributed by atoms with E-state index in [1.165, 1.54) is 21.9 Å². The van der Waals surface area contributed by atoms with Gasteiger partial charge in [-0.05, 0) is 31.8 Å². The topological polar surface area (TPSA) is 122 Å². The summed E-state index contributed by atoms with van der Waals surface area (Å²) in [6, 6.07) is -0.273. The highest BCUT2D eigenvalue weighted by molar-refractivity contribution is 5.97. The second-order valence-electron chi connectivity index (χ2n) is 7.82. The van der Waals surface area contributed by atoms with Crippen LogP contribution in [0.4, 0.5) is 0 Å². The molecule has 0 bridgehead atoms. The van der Waals surface area contributed by atoms with Crippen molar-refractivity contribution in [3.63, 3.8) is 0 Å². The maximum atomic E-state index is 12.8. The first-order chi connectivity index (χ1) is 14.1. The van der Waals surface area contributed by atoms with E-state index in [1.54, 1.807) is 20.2 Å². The van der Waals surface area contributed by atoms with Crippen molar-refractivity contribution in [2.75, 3.05) is 21.1 Å². The predicted molar refractivity (Wildman–Crippen MR) is 112 cm³/mol. The Morgan fingerprint density at radius 3 is 2.70 bits per heavy atom. The van der Waals surface area contributed by atoms with E-state index in [0.29, 0.717) is 12.8 Å². The van der Waals surface area contributed by atoms with Crippen molar-refractivity contribution in [3.8, 4) is 0 Å². The second-order valence-corrected chi connectivity index (χ2v) is 7.82. The molecule has 9 nitrogen and oxygen atoms in total. The smallest absolute Gasteiger partial charge is 0.275 e. The molecule has 3 aliphatic rings. The summed E-state index contributed by atoms with van der Waals surface area (Å²) in [6.07, 6.45) is 8.04. The lowest BCUT2D eigenvalue weighted by molar-refractivity contribution is -0.131. The summed E-state index contributed by atoms with van der Waals surface area (Å²) in [5, 5.41) is 25.6. The molecule has 0 saturated carbocycles. The third-order valence-corrected chi connectivity index (χ3v) is 5.63. The van der Waals surface area contributed by atoms with E-state index in [-0.39, 0.29) is 40.4 Å². The van der Waals surface area contributed by atoms with Crippen LogP contribution in [0.3, 0.4) is 0 Å². The van der Waals surface area contributed by atoms with Gasteiger partial charge >= 0.3 is 0 Å². The van der Waals surface area contributed by atoms with Gasteiger partial charge in [0, 0.05) is 21.1 Å². The van der Waals surface area contributed by atoms with Gasteiger partial charge in [0.1, 0.15) is 11.5 Å². The summed E-state index contributed by atoms with van der Waals surface area (Å²) < 4.78 is 0. The Kier molecular flexibility index (Phi) is 6.04. The van der Waals surface area contributed by atoms with Crippen LogP contribution in [-0.2, 0) is 9.59 Å². The van der Waals surface area contributed by atoms with E-state index >= 15 is 0 Å². The molecule has 0 spiro atoms. The average Bonchev–Trinajstić information content (AvgIpc) is 3.32. The van der Waals surface area contributed by atoms with E-state index in [0.717, 1.165) is 12.0 Å². The van der Waals surface area contributed by atoms with E-state index < -0.39 is 12.1 Å². The molecule has 30 heavy (non-hydrogen) atoms. The van der Waals surface area contributed by atoms with Gasteiger partial charge in [0.05, 0.1) is 23.0 Å². The molecule has 2 unspecified atom stereocenters. The number of carbonyl (C=O) groups is 2. The minimum Gasteiger partial charge on any atom is -0.505 e. The van der Waals surface area contributed by atoms with Gasteiger partial charge in [0.15, 0.2) is 6.23 Å². The van der Waals surface area contributed by atoms with E-state index in [2.05, 4.69) is 5.32 Å². The number of aliphatic hydroxyl groups excluding tert-OH is 2. The normalized spacial score (nSPS) is 22.4. The van der Waals surface area contributed by atoms with Crippen molar-refractivity contribution in [1.29, 1.82) is 0 Å².